The van der Waals surface area contributed by atoms with Gasteiger partial charge in [0.05, 0.1) is 30.1 Å². The second kappa shape index (κ2) is 12.5. The highest BCUT2D eigenvalue weighted by atomic mass is 16.7. The fraction of sp³-hybridized carbons (Fsp3) is 0.226. The van der Waals surface area contributed by atoms with Crippen molar-refractivity contribution < 1.29 is 9.63 Å². The largest absolute Gasteiger partial charge is 0.368 e. The first-order valence-corrected chi connectivity index (χ1v) is 13.6. The summed E-state index contributed by atoms with van der Waals surface area (Å²) in [6, 6.07) is 20.8. The summed E-state index contributed by atoms with van der Waals surface area (Å²) in [4.78, 5) is 34.1. The van der Waals surface area contributed by atoms with E-state index in [0.29, 0.717) is 29.6 Å². The molecule has 2 amide bonds. The molecule has 10 nitrogen and oxygen atoms in total. The minimum atomic E-state index is -0.314. The van der Waals surface area contributed by atoms with Gasteiger partial charge in [-0.1, -0.05) is 48.2 Å². The quantitative estimate of drug-likeness (QED) is 0.318. The van der Waals surface area contributed by atoms with E-state index in [4.69, 9.17) is 4.84 Å². The molecule has 1 atom stereocenters. The van der Waals surface area contributed by atoms with E-state index in [1.807, 2.05) is 66.9 Å². The molecule has 2 fully saturated rings. The number of urea groups is 1. The molecule has 2 saturated heterocycles. The molecule has 2 aliphatic heterocycles. The Hall–Kier alpha value is -4.98. The van der Waals surface area contributed by atoms with Crippen molar-refractivity contribution in [2.24, 2.45) is 0 Å². The number of piperazine rings is 1. The number of nitrogens with zero attached hydrogens (tertiary/aromatic N) is 5. The minimum Gasteiger partial charge on any atom is -0.368 e. The topological polar surface area (TPSA) is 108 Å². The lowest BCUT2D eigenvalue weighted by molar-refractivity contribution is -0.0829. The van der Waals surface area contributed by atoms with Crippen molar-refractivity contribution >= 4 is 29.2 Å². The number of hydrogen-bond donors (Lipinski definition) is 3. The Bertz CT molecular complexity index is 1530. The molecule has 0 unspecified atom stereocenters. The van der Waals surface area contributed by atoms with Gasteiger partial charge in [0.2, 0.25) is 5.95 Å². The molecule has 0 spiro atoms. The van der Waals surface area contributed by atoms with E-state index in [2.05, 4.69) is 53.7 Å². The predicted molar refractivity (Wildman–Crippen MR) is 158 cm³/mol. The van der Waals surface area contributed by atoms with Gasteiger partial charge in [0.25, 0.3) is 0 Å². The van der Waals surface area contributed by atoms with Gasteiger partial charge in [-0.05, 0) is 35.9 Å². The first kappa shape index (κ1) is 26.3. The number of nitrogens with one attached hydrogen (secondary N) is 3. The third-order valence-corrected chi connectivity index (χ3v) is 6.88. The Kier molecular flexibility index (Phi) is 7.98. The summed E-state index contributed by atoms with van der Waals surface area (Å²) in [6.07, 6.45) is 5.94. The third-order valence-electron chi connectivity index (χ3n) is 6.88. The van der Waals surface area contributed by atoms with Crippen LogP contribution in [0.1, 0.15) is 29.2 Å². The van der Waals surface area contributed by atoms with Crippen LogP contribution in [-0.4, -0.2) is 58.8 Å². The smallest absolute Gasteiger partial charge is 0.346 e. The van der Waals surface area contributed by atoms with Crippen LogP contribution >= 0.6 is 0 Å². The van der Waals surface area contributed by atoms with Crippen LogP contribution in [0, 0.1) is 11.8 Å². The fourth-order valence-corrected chi connectivity index (χ4v) is 4.79. The molecule has 2 aromatic carbocycles. The summed E-state index contributed by atoms with van der Waals surface area (Å²) in [5, 5.41) is 10.8. The zero-order chi connectivity index (χ0) is 27.9. The molecule has 206 valence electrons. The maximum Gasteiger partial charge on any atom is 0.346 e. The maximum absolute atomic E-state index is 13.0. The average Bonchev–Trinajstić information content (AvgIpc) is 3.53. The molecule has 6 rings (SSSR count). The van der Waals surface area contributed by atoms with Crippen molar-refractivity contribution in [3.05, 3.63) is 102 Å². The van der Waals surface area contributed by atoms with Crippen LogP contribution in [0.25, 0.3) is 0 Å². The van der Waals surface area contributed by atoms with Crippen LogP contribution < -0.4 is 20.9 Å². The standard InChI is InChI=1S/C31H30N8O2/c40-31(39-28(13-18-41-39)25-6-2-1-3-7-25)36-26-8-4-5-23(19-26)9-10-24-20-34-30(35-21-24)37-29-12-11-27(22-33-29)38-16-14-32-15-17-38/h1-8,11-12,19-22,28,32H,13-18H2,(H,36,40)(H,33,34,35,37)/t28-/m0/s1. The van der Waals surface area contributed by atoms with Crippen molar-refractivity contribution in [3.63, 3.8) is 0 Å². The molecule has 0 bridgehead atoms. The van der Waals surface area contributed by atoms with Crippen LogP contribution in [0.2, 0.25) is 0 Å². The molecule has 0 aliphatic carbocycles. The molecule has 3 N–H and O–H groups in total. The van der Waals surface area contributed by atoms with Gasteiger partial charge < -0.3 is 20.9 Å². The van der Waals surface area contributed by atoms with Gasteiger partial charge in [0.15, 0.2) is 0 Å². The summed E-state index contributed by atoms with van der Waals surface area (Å²) in [5.41, 5.74) is 4.20. The number of anilines is 4. The number of rotatable bonds is 5. The van der Waals surface area contributed by atoms with E-state index in [1.165, 1.54) is 5.06 Å². The lowest BCUT2D eigenvalue weighted by Crippen LogP contribution is -2.43. The highest BCUT2D eigenvalue weighted by molar-refractivity contribution is 5.89. The molecule has 0 radical (unpaired) electrons. The van der Waals surface area contributed by atoms with Gasteiger partial charge in [-0.2, -0.15) is 5.06 Å². The van der Waals surface area contributed by atoms with Gasteiger partial charge in [-0.25, -0.2) is 19.7 Å². The van der Waals surface area contributed by atoms with E-state index >= 15 is 0 Å². The maximum atomic E-state index is 13.0. The van der Waals surface area contributed by atoms with Gasteiger partial charge in [0, 0.05) is 56.2 Å². The molecule has 0 saturated carbocycles. The zero-order valence-corrected chi connectivity index (χ0v) is 22.5. The number of hydroxylamine groups is 2. The molecule has 41 heavy (non-hydrogen) atoms. The molecule has 4 aromatic rings. The van der Waals surface area contributed by atoms with Crippen molar-refractivity contribution in [2.75, 3.05) is 48.3 Å². The van der Waals surface area contributed by atoms with Crippen LogP contribution in [0.4, 0.5) is 27.9 Å². The van der Waals surface area contributed by atoms with E-state index in [9.17, 15) is 4.79 Å². The van der Waals surface area contributed by atoms with Gasteiger partial charge >= 0.3 is 6.03 Å². The highest BCUT2D eigenvalue weighted by Gasteiger charge is 2.31. The first-order valence-electron chi connectivity index (χ1n) is 13.6. The van der Waals surface area contributed by atoms with Gasteiger partial charge in [-0.3, -0.25) is 4.84 Å². The molecular weight excluding hydrogens is 516 g/mol. The predicted octanol–water partition coefficient (Wildman–Crippen LogP) is 4.34. The Labute approximate surface area is 238 Å². The Morgan fingerprint density at radius 1 is 0.902 bits per heavy atom. The van der Waals surface area contributed by atoms with Crippen LogP contribution in [0.5, 0.6) is 0 Å². The number of pyridine rings is 1. The first-order chi connectivity index (χ1) is 20.2. The van der Waals surface area contributed by atoms with Crippen molar-refractivity contribution in [2.45, 2.75) is 12.5 Å². The van der Waals surface area contributed by atoms with Crippen LogP contribution in [0.3, 0.4) is 0 Å². The average molecular weight is 547 g/mol. The number of hydrogen-bond acceptors (Lipinski definition) is 8. The second-order valence-electron chi connectivity index (χ2n) is 9.69. The fourth-order valence-electron chi connectivity index (χ4n) is 4.79. The number of benzene rings is 2. The highest BCUT2D eigenvalue weighted by Crippen LogP contribution is 2.30. The summed E-state index contributed by atoms with van der Waals surface area (Å²) in [7, 11) is 0. The second-order valence-corrected chi connectivity index (χ2v) is 9.69. The van der Waals surface area contributed by atoms with E-state index in [0.717, 1.165) is 49.4 Å². The summed E-state index contributed by atoms with van der Waals surface area (Å²) in [5.74, 6) is 7.32. The Balaban J connectivity index is 1.06. The lowest BCUT2D eigenvalue weighted by atomic mass is 10.1. The van der Waals surface area contributed by atoms with Crippen LogP contribution in [-0.2, 0) is 4.84 Å². The monoisotopic (exact) mass is 546 g/mol. The van der Waals surface area contributed by atoms with Crippen molar-refractivity contribution in [3.8, 4) is 11.8 Å². The van der Waals surface area contributed by atoms with Crippen LogP contribution in [0.15, 0.2) is 85.3 Å². The SMILES string of the molecule is O=C(Nc1cccc(C#Cc2cnc(Nc3ccc(N4CCNCC4)cn3)nc2)c1)N1OCC[C@H]1c1ccccc1. The molecule has 10 heteroatoms. The summed E-state index contributed by atoms with van der Waals surface area (Å²) >= 11 is 0. The summed E-state index contributed by atoms with van der Waals surface area (Å²) in [6.45, 7) is 4.40. The van der Waals surface area contributed by atoms with Crippen molar-refractivity contribution in [1.82, 2.24) is 25.3 Å². The van der Waals surface area contributed by atoms with Gasteiger partial charge in [-0.15, -0.1) is 0 Å². The number of amides is 2. The van der Waals surface area contributed by atoms with E-state index in [1.54, 1.807) is 12.4 Å². The zero-order valence-electron chi connectivity index (χ0n) is 22.5. The van der Waals surface area contributed by atoms with Crippen molar-refractivity contribution in [1.29, 1.82) is 0 Å². The Morgan fingerprint density at radius 2 is 1.71 bits per heavy atom. The van der Waals surface area contributed by atoms with Gasteiger partial charge in [0.1, 0.15) is 5.82 Å². The Morgan fingerprint density at radius 3 is 2.49 bits per heavy atom. The summed E-state index contributed by atoms with van der Waals surface area (Å²) < 4.78 is 0. The lowest BCUT2D eigenvalue weighted by Gasteiger charge is -2.29. The molecule has 4 heterocycles. The minimum absolute atomic E-state index is 0.121. The van der Waals surface area contributed by atoms with E-state index in [-0.39, 0.29) is 12.1 Å². The normalized spacial score (nSPS) is 16.5. The number of carbonyl (C=O) groups is 1. The molecule has 2 aromatic heterocycles. The number of aromatic nitrogens is 3. The third kappa shape index (κ3) is 6.61. The number of carbonyl (C=O) groups excluding carboxylic acids is 1. The molecular formula is C31H30N8O2. The molecule has 2 aliphatic rings. The van der Waals surface area contributed by atoms with E-state index < -0.39 is 0 Å².